The van der Waals surface area contributed by atoms with Crippen LogP contribution in [-0.2, 0) is 6.42 Å². The highest BCUT2D eigenvalue weighted by atomic mass is 14.6. The smallest absolute Gasteiger partial charge is 0.0349 e. The topological polar surface area (TPSA) is 104 Å². The van der Waals surface area contributed by atoms with Crippen molar-refractivity contribution < 1.29 is 0 Å². The Morgan fingerprint density at radius 3 is 1.17 bits per heavy atom. The number of para-hydroxylation sites is 2. The molecule has 0 aliphatic carbocycles. The lowest BCUT2D eigenvalue weighted by Crippen LogP contribution is -1.98. The van der Waals surface area contributed by atoms with Gasteiger partial charge in [0.15, 0.2) is 0 Å². The molecule has 3 aromatic carbocycles. The van der Waals surface area contributed by atoms with Gasteiger partial charge in [-0.3, -0.25) is 0 Å². The second-order valence-corrected chi connectivity index (χ2v) is 5.24. The standard InChI is InChI=1S/C13H14N2.C6H8N2/c14-12-7-3-1-5-10(12)9-11-6-2-4-8-13(11)15;7-5-1-2-6(8)4-3-5/h1-8H,9,14-15H2;1-4H,7-8H2. The van der Waals surface area contributed by atoms with E-state index in [-0.39, 0.29) is 0 Å². The van der Waals surface area contributed by atoms with Gasteiger partial charge in [-0.25, -0.2) is 0 Å². The van der Waals surface area contributed by atoms with E-state index in [2.05, 4.69) is 0 Å². The Hall–Kier alpha value is -3.14. The van der Waals surface area contributed by atoms with Crippen molar-refractivity contribution in [3.63, 3.8) is 0 Å². The van der Waals surface area contributed by atoms with Crippen LogP contribution in [0.25, 0.3) is 0 Å². The third-order valence-electron chi connectivity index (χ3n) is 3.43. The number of rotatable bonds is 2. The predicted molar refractivity (Wildman–Crippen MR) is 99.8 cm³/mol. The molecule has 0 fully saturated rings. The van der Waals surface area contributed by atoms with E-state index in [1.165, 1.54) is 0 Å². The summed E-state index contributed by atoms with van der Waals surface area (Å²) in [6.45, 7) is 0. The Kier molecular flexibility index (Phi) is 5.47. The van der Waals surface area contributed by atoms with E-state index in [1.54, 1.807) is 24.3 Å². The lowest BCUT2D eigenvalue weighted by atomic mass is 10.0. The Bertz CT molecular complexity index is 687. The van der Waals surface area contributed by atoms with Gasteiger partial charge in [0.1, 0.15) is 0 Å². The third kappa shape index (κ3) is 4.97. The predicted octanol–water partition coefficient (Wildman–Crippen LogP) is 3.29. The molecule has 8 N–H and O–H groups in total. The number of hydrogen-bond donors (Lipinski definition) is 4. The molecule has 0 unspecified atom stereocenters. The van der Waals surface area contributed by atoms with Crippen molar-refractivity contribution in [2.24, 2.45) is 0 Å². The summed E-state index contributed by atoms with van der Waals surface area (Å²) in [4.78, 5) is 0. The van der Waals surface area contributed by atoms with Gasteiger partial charge in [0, 0.05) is 29.2 Å². The van der Waals surface area contributed by atoms with E-state index in [0.29, 0.717) is 0 Å². The highest BCUT2D eigenvalue weighted by Gasteiger charge is 2.02. The van der Waals surface area contributed by atoms with Crippen molar-refractivity contribution in [3.8, 4) is 0 Å². The van der Waals surface area contributed by atoms with Gasteiger partial charge in [0.2, 0.25) is 0 Å². The summed E-state index contributed by atoms with van der Waals surface area (Å²) >= 11 is 0. The highest BCUT2D eigenvalue weighted by molar-refractivity contribution is 5.54. The molecule has 0 atom stereocenters. The van der Waals surface area contributed by atoms with Crippen LogP contribution in [0.15, 0.2) is 72.8 Å². The quantitative estimate of drug-likeness (QED) is 0.545. The van der Waals surface area contributed by atoms with Gasteiger partial charge in [0.05, 0.1) is 0 Å². The Labute approximate surface area is 136 Å². The molecule has 0 saturated carbocycles. The van der Waals surface area contributed by atoms with Crippen LogP contribution in [0.5, 0.6) is 0 Å². The molecule has 4 nitrogen and oxygen atoms in total. The maximum atomic E-state index is 5.88. The minimum Gasteiger partial charge on any atom is -0.399 e. The zero-order chi connectivity index (χ0) is 16.7. The molecule has 0 aromatic heterocycles. The van der Waals surface area contributed by atoms with Crippen molar-refractivity contribution >= 4 is 22.7 Å². The average molecular weight is 306 g/mol. The van der Waals surface area contributed by atoms with E-state index in [9.17, 15) is 0 Å². The molecular formula is C19H22N4. The number of benzene rings is 3. The summed E-state index contributed by atoms with van der Waals surface area (Å²) in [5.74, 6) is 0. The van der Waals surface area contributed by atoms with Crippen LogP contribution in [0.1, 0.15) is 11.1 Å². The van der Waals surface area contributed by atoms with Crippen molar-refractivity contribution in [1.29, 1.82) is 0 Å². The van der Waals surface area contributed by atoms with E-state index < -0.39 is 0 Å². The van der Waals surface area contributed by atoms with Gasteiger partial charge >= 0.3 is 0 Å². The van der Waals surface area contributed by atoms with Crippen molar-refractivity contribution in [1.82, 2.24) is 0 Å². The monoisotopic (exact) mass is 306 g/mol. The normalized spacial score (nSPS) is 9.74. The second kappa shape index (κ2) is 7.75. The average Bonchev–Trinajstić information content (AvgIpc) is 2.55. The van der Waals surface area contributed by atoms with Gasteiger partial charge in [-0.05, 0) is 47.5 Å². The third-order valence-corrected chi connectivity index (χ3v) is 3.43. The Balaban J connectivity index is 0.000000203. The first-order valence-electron chi connectivity index (χ1n) is 7.34. The van der Waals surface area contributed by atoms with Crippen molar-refractivity contribution in [3.05, 3.63) is 83.9 Å². The van der Waals surface area contributed by atoms with Crippen LogP contribution in [-0.4, -0.2) is 0 Å². The first-order chi connectivity index (χ1) is 11.1. The molecule has 0 aliphatic heterocycles. The first-order valence-corrected chi connectivity index (χ1v) is 7.34. The van der Waals surface area contributed by atoms with Crippen LogP contribution in [0.3, 0.4) is 0 Å². The molecule has 0 aliphatic rings. The Morgan fingerprint density at radius 2 is 0.826 bits per heavy atom. The number of nitrogen functional groups attached to an aromatic ring is 4. The molecule has 0 saturated heterocycles. The van der Waals surface area contributed by atoms with Gasteiger partial charge in [0.25, 0.3) is 0 Å². The first kappa shape index (κ1) is 16.2. The summed E-state index contributed by atoms with van der Waals surface area (Å²) in [7, 11) is 0. The number of anilines is 4. The fourth-order valence-corrected chi connectivity index (χ4v) is 2.09. The van der Waals surface area contributed by atoms with Crippen LogP contribution in [0.2, 0.25) is 0 Å². The minimum atomic E-state index is 0.749. The molecule has 0 radical (unpaired) electrons. The lowest BCUT2D eigenvalue weighted by molar-refractivity contribution is 1.20. The molecule has 0 heterocycles. The van der Waals surface area contributed by atoms with Crippen LogP contribution in [0, 0.1) is 0 Å². The number of nitrogens with two attached hydrogens (primary N) is 4. The lowest BCUT2D eigenvalue weighted by Gasteiger charge is -2.07. The minimum absolute atomic E-state index is 0.749. The SMILES string of the molecule is Nc1ccc(N)cc1.Nc1ccccc1Cc1ccccc1N. The fourth-order valence-electron chi connectivity index (χ4n) is 2.09. The van der Waals surface area contributed by atoms with E-state index in [0.717, 1.165) is 40.3 Å². The molecule has 3 aromatic rings. The van der Waals surface area contributed by atoms with Gasteiger partial charge in [-0.15, -0.1) is 0 Å². The zero-order valence-electron chi connectivity index (χ0n) is 12.9. The van der Waals surface area contributed by atoms with E-state index >= 15 is 0 Å². The second-order valence-electron chi connectivity index (χ2n) is 5.24. The maximum Gasteiger partial charge on any atom is 0.0349 e. The van der Waals surface area contributed by atoms with Crippen LogP contribution in [0.4, 0.5) is 22.7 Å². The summed E-state index contributed by atoms with van der Waals surface area (Å²) in [6, 6.07) is 22.8. The molecular weight excluding hydrogens is 284 g/mol. The molecule has 0 bridgehead atoms. The van der Waals surface area contributed by atoms with Gasteiger partial charge in [-0.1, -0.05) is 36.4 Å². The molecule has 118 valence electrons. The summed E-state index contributed by atoms with van der Waals surface area (Å²) in [5.41, 5.74) is 27.9. The molecule has 3 rings (SSSR count). The van der Waals surface area contributed by atoms with Crippen LogP contribution >= 0.6 is 0 Å². The molecule has 4 heteroatoms. The fraction of sp³-hybridized carbons (Fsp3) is 0.0526. The highest BCUT2D eigenvalue weighted by Crippen LogP contribution is 2.19. The molecule has 23 heavy (non-hydrogen) atoms. The summed E-state index contributed by atoms with van der Waals surface area (Å²) in [5, 5.41) is 0. The van der Waals surface area contributed by atoms with E-state index in [1.807, 2.05) is 48.5 Å². The van der Waals surface area contributed by atoms with E-state index in [4.69, 9.17) is 22.9 Å². The summed E-state index contributed by atoms with van der Waals surface area (Å²) < 4.78 is 0. The molecule has 0 amide bonds. The van der Waals surface area contributed by atoms with Crippen LogP contribution < -0.4 is 22.9 Å². The van der Waals surface area contributed by atoms with Crippen molar-refractivity contribution in [2.75, 3.05) is 22.9 Å². The zero-order valence-corrected chi connectivity index (χ0v) is 12.9. The number of hydrogen-bond acceptors (Lipinski definition) is 4. The largest absolute Gasteiger partial charge is 0.399 e. The maximum absolute atomic E-state index is 5.88. The summed E-state index contributed by atoms with van der Waals surface area (Å²) in [6.07, 6.45) is 0.791. The van der Waals surface area contributed by atoms with Gasteiger partial charge in [-0.2, -0.15) is 0 Å². The van der Waals surface area contributed by atoms with Gasteiger partial charge < -0.3 is 22.9 Å². The molecule has 0 spiro atoms. The Morgan fingerprint density at radius 1 is 0.478 bits per heavy atom. The van der Waals surface area contributed by atoms with Crippen molar-refractivity contribution in [2.45, 2.75) is 6.42 Å².